The molecule has 0 fully saturated rings. The van der Waals surface area contributed by atoms with Crippen molar-refractivity contribution in [3.8, 4) is 22.7 Å². The van der Waals surface area contributed by atoms with Gasteiger partial charge in [0.1, 0.15) is 11.4 Å². The molecule has 0 bridgehead atoms. The number of para-hydroxylation sites is 1. The van der Waals surface area contributed by atoms with E-state index < -0.39 is 5.91 Å². The highest BCUT2D eigenvalue weighted by Crippen LogP contribution is 2.27. The number of hydrogen-bond acceptors (Lipinski definition) is 4. The van der Waals surface area contributed by atoms with Crippen molar-refractivity contribution in [3.05, 3.63) is 95.7 Å². The van der Waals surface area contributed by atoms with Gasteiger partial charge >= 0.3 is 0 Å². The van der Waals surface area contributed by atoms with Gasteiger partial charge < -0.3 is 15.8 Å². The van der Waals surface area contributed by atoms with Gasteiger partial charge in [0.05, 0.1) is 24.3 Å². The van der Waals surface area contributed by atoms with Crippen LogP contribution in [0.3, 0.4) is 0 Å². The number of nitrogens with zero attached hydrogens (tertiary/aromatic N) is 2. The van der Waals surface area contributed by atoms with Crippen molar-refractivity contribution in [1.82, 2.24) is 9.78 Å². The van der Waals surface area contributed by atoms with E-state index in [0.717, 1.165) is 16.8 Å². The average Bonchev–Trinajstić information content (AvgIpc) is 3.28. The van der Waals surface area contributed by atoms with Gasteiger partial charge in [-0.1, -0.05) is 30.3 Å². The van der Waals surface area contributed by atoms with Gasteiger partial charge in [0.2, 0.25) is 5.91 Å². The summed E-state index contributed by atoms with van der Waals surface area (Å²) >= 11 is 0. The van der Waals surface area contributed by atoms with Crippen molar-refractivity contribution < 1.29 is 14.3 Å². The number of hydrogen-bond donors (Lipinski definition) is 2. The summed E-state index contributed by atoms with van der Waals surface area (Å²) in [5.41, 5.74) is 10.9. The van der Waals surface area contributed by atoms with E-state index in [2.05, 4.69) is 12.2 Å². The van der Waals surface area contributed by atoms with E-state index in [1.54, 1.807) is 35.1 Å². The number of anilines is 1. The molecule has 0 saturated carbocycles. The van der Waals surface area contributed by atoms with Gasteiger partial charge in [-0.25, -0.2) is 4.68 Å². The van der Waals surface area contributed by atoms with E-state index in [1.807, 2.05) is 55.5 Å². The van der Waals surface area contributed by atoms with Crippen LogP contribution < -0.4 is 15.8 Å². The van der Waals surface area contributed by atoms with Crippen LogP contribution in [0.25, 0.3) is 16.9 Å². The summed E-state index contributed by atoms with van der Waals surface area (Å²) in [4.78, 5) is 24.1. The summed E-state index contributed by atoms with van der Waals surface area (Å²) in [5, 5.41) is 7.68. The lowest BCUT2D eigenvalue weighted by Crippen LogP contribution is -2.14. The summed E-state index contributed by atoms with van der Waals surface area (Å²) in [5.74, 6) is -0.0933. The lowest BCUT2D eigenvalue weighted by Gasteiger charge is -2.08. The molecule has 0 aliphatic rings. The normalized spacial score (nSPS) is 10.6. The highest BCUT2D eigenvalue weighted by Gasteiger charge is 2.19. The molecule has 1 heterocycles. The van der Waals surface area contributed by atoms with Crippen LogP contribution in [0.4, 0.5) is 5.69 Å². The van der Waals surface area contributed by atoms with Crippen molar-refractivity contribution in [2.45, 2.75) is 20.3 Å². The molecule has 2 amide bonds. The van der Waals surface area contributed by atoms with Crippen molar-refractivity contribution in [2.24, 2.45) is 5.73 Å². The molecule has 7 heteroatoms. The molecule has 0 spiro atoms. The smallest absolute Gasteiger partial charge is 0.259 e. The Morgan fingerprint density at radius 1 is 0.971 bits per heavy atom. The molecule has 4 rings (SSSR count). The summed E-state index contributed by atoms with van der Waals surface area (Å²) in [6.07, 6.45) is 1.89. The van der Waals surface area contributed by atoms with Crippen LogP contribution >= 0.6 is 0 Å². The largest absolute Gasteiger partial charge is 0.493 e. The van der Waals surface area contributed by atoms with Crippen LogP contribution in [0.1, 0.15) is 27.9 Å². The fraction of sp³-hybridized carbons (Fsp3) is 0.148. The predicted octanol–water partition coefficient (Wildman–Crippen LogP) is 4.66. The van der Waals surface area contributed by atoms with Crippen LogP contribution in [0.5, 0.6) is 5.75 Å². The second kappa shape index (κ2) is 10.0. The van der Waals surface area contributed by atoms with E-state index >= 15 is 0 Å². The number of amides is 2. The summed E-state index contributed by atoms with van der Waals surface area (Å²) in [7, 11) is 0. The Balaban J connectivity index is 1.60. The number of carbonyl (C=O) groups is 2. The maximum atomic E-state index is 13.3. The van der Waals surface area contributed by atoms with E-state index in [-0.39, 0.29) is 18.9 Å². The quantitative estimate of drug-likeness (QED) is 0.404. The number of ether oxygens (including phenoxy) is 1. The molecule has 0 unspecified atom stereocenters. The Labute approximate surface area is 198 Å². The number of primary amides is 1. The average molecular weight is 455 g/mol. The van der Waals surface area contributed by atoms with Crippen LogP contribution in [0.15, 0.2) is 79.0 Å². The maximum absolute atomic E-state index is 13.3. The third-order valence-electron chi connectivity index (χ3n) is 5.49. The zero-order chi connectivity index (χ0) is 24.1. The molecule has 0 radical (unpaired) electrons. The van der Waals surface area contributed by atoms with Gasteiger partial charge in [0, 0.05) is 17.4 Å². The molecule has 0 atom stereocenters. The van der Waals surface area contributed by atoms with Crippen molar-refractivity contribution >= 4 is 17.5 Å². The molecule has 0 aliphatic carbocycles. The first-order valence-corrected chi connectivity index (χ1v) is 11.0. The molecule has 0 saturated heterocycles. The lowest BCUT2D eigenvalue weighted by atomic mass is 10.0. The molecule has 172 valence electrons. The standard InChI is InChI=1S/C27H26N4O3/c1-18-8-9-20(16-19(18)2)26-24(17-31(30-26)22-6-4-3-5-7-22)27(33)29-21-10-12-23(13-11-21)34-15-14-25(28)32/h3-13,16-17H,14-15H2,1-2H3,(H2,28,32)(H,29,33). The molecule has 1 aromatic heterocycles. The second-order valence-electron chi connectivity index (χ2n) is 8.01. The second-order valence-corrected chi connectivity index (χ2v) is 8.01. The SMILES string of the molecule is Cc1ccc(-c2nn(-c3ccccc3)cc2C(=O)Nc2ccc(OCCC(N)=O)cc2)cc1C. The van der Waals surface area contributed by atoms with Gasteiger partial charge in [-0.15, -0.1) is 0 Å². The Bertz CT molecular complexity index is 1310. The number of nitrogens with one attached hydrogen (secondary N) is 1. The fourth-order valence-electron chi connectivity index (χ4n) is 3.46. The molecule has 7 nitrogen and oxygen atoms in total. The first-order valence-electron chi connectivity index (χ1n) is 11.0. The molecule has 3 N–H and O–H groups in total. The Morgan fingerprint density at radius 2 is 1.71 bits per heavy atom. The van der Waals surface area contributed by atoms with Crippen LogP contribution in [-0.2, 0) is 4.79 Å². The number of rotatable bonds is 8. The molecule has 0 aliphatic heterocycles. The van der Waals surface area contributed by atoms with Crippen LogP contribution in [0.2, 0.25) is 0 Å². The topological polar surface area (TPSA) is 99.2 Å². The molecule has 34 heavy (non-hydrogen) atoms. The van der Waals surface area contributed by atoms with Crippen molar-refractivity contribution in [3.63, 3.8) is 0 Å². The van der Waals surface area contributed by atoms with E-state index in [9.17, 15) is 9.59 Å². The Kier molecular flexibility index (Phi) is 6.73. The van der Waals surface area contributed by atoms with Gasteiger partial charge in [-0.3, -0.25) is 9.59 Å². The summed E-state index contributed by atoms with van der Waals surface area (Å²) < 4.78 is 7.20. The molecule has 3 aromatic carbocycles. The minimum Gasteiger partial charge on any atom is -0.493 e. The number of aryl methyl sites for hydroxylation is 2. The lowest BCUT2D eigenvalue weighted by molar-refractivity contribution is -0.118. The van der Waals surface area contributed by atoms with Crippen molar-refractivity contribution in [2.75, 3.05) is 11.9 Å². The fourth-order valence-corrected chi connectivity index (χ4v) is 3.46. The minimum absolute atomic E-state index is 0.144. The Morgan fingerprint density at radius 3 is 2.38 bits per heavy atom. The summed E-state index contributed by atoms with van der Waals surface area (Å²) in [6.45, 7) is 4.30. The highest BCUT2D eigenvalue weighted by atomic mass is 16.5. The minimum atomic E-state index is -0.417. The first kappa shape index (κ1) is 22.8. The van der Waals surface area contributed by atoms with E-state index in [1.165, 1.54) is 5.56 Å². The third kappa shape index (κ3) is 5.32. The van der Waals surface area contributed by atoms with Gasteiger partial charge in [0.15, 0.2) is 0 Å². The van der Waals surface area contributed by atoms with Gasteiger partial charge in [-0.2, -0.15) is 5.10 Å². The third-order valence-corrected chi connectivity index (χ3v) is 5.49. The summed E-state index contributed by atoms with van der Waals surface area (Å²) in [6, 6.07) is 22.7. The highest BCUT2D eigenvalue weighted by molar-refractivity contribution is 6.08. The zero-order valence-electron chi connectivity index (χ0n) is 19.1. The number of aromatic nitrogens is 2. The molecule has 4 aromatic rings. The van der Waals surface area contributed by atoms with Crippen LogP contribution in [0, 0.1) is 13.8 Å². The van der Waals surface area contributed by atoms with Gasteiger partial charge in [0.25, 0.3) is 5.91 Å². The van der Waals surface area contributed by atoms with E-state index in [4.69, 9.17) is 15.6 Å². The molecular weight excluding hydrogens is 428 g/mol. The number of carbonyl (C=O) groups excluding carboxylic acids is 2. The number of benzene rings is 3. The molecular formula is C27H26N4O3. The van der Waals surface area contributed by atoms with E-state index in [0.29, 0.717) is 22.7 Å². The monoisotopic (exact) mass is 454 g/mol. The van der Waals surface area contributed by atoms with Crippen LogP contribution in [-0.4, -0.2) is 28.2 Å². The zero-order valence-corrected chi connectivity index (χ0v) is 19.1. The number of nitrogens with two attached hydrogens (primary N) is 1. The predicted molar refractivity (Wildman–Crippen MR) is 132 cm³/mol. The van der Waals surface area contributed by atoms with Gasteiger partial charge in [-0.05, 0) is 67.4 Å². The van der Waals surface area contributed by atoms with Crippen molar-refractivity contribution in [1.29, 1.82) is 0 Å². The Hall–Kier alpha value is -4.39. The first-order chi connectivity index (χ1) is 16.4. The maximum Gasteiger partial charge on any atom is 0.259 e.